The van der Waals surface area contributed by atoms with E-state index in [0.29, 0.717) is 25.5 Å². The Morgan fingerprint density at radius 2 is 2.24 bits per heavy atom. The van der Waals surface area contributed by atoms with Crippen LogP contribution in [0.2, 0.25) is 0 Å². The standard InChI is InChI=1S/C15H21N3O3/c1-3-21-15-8-12(4-5-14(15)19)9-16-13-10-17-18(11-13)6-7-20-2/h4-5,8,10-11,16,19H,3,6-7,9H2,1-2H3. The van der Waals surface area contributed by atoms with Crippen molar-refractivity contribution < 1.29 is 14.6 Å². The number of phenolic OH excluding ortho intramolecular Hbond substituents is 1. The lowest BCUT2D eigenvalue weighted by atomic mass is 10.2. The molecule has 0 radical (unpaired) electrons. The minimum absolute atomic E-state index is 0.160. The SMILES string of the molecule is CCOc1cc(CNc2cnn(CCOC)c2)ccc1O. The summed E-state index contributed by atoms with van der Waals surface area (Å²) in [5.41, 5.74) is 1.97. The van der Waals surface area contributed by atoms with Gasteiger partial charge in [0.15, 0.2) is 11.5 Å². The molecule has 6 nitrogen and oxygen atoms in total. The van der Waals surface area contributed by atoms with Gasteiger partial charge in [-0.05, 0) is 24.6 Å². The third-order valence-electron chi connectivity index (χ3n) is 2.98. The van der Waals surface area contributed by atoms with Gasteiger partial charge in [0.25, 0.3) is 0 Å². The Morgan fingerprint density at radius 1 is 1.38 bits per heavy atom. The fourth-order valence-corrected chi connectivity index (χ4v) is 1.91. The summed E-state index contributed by atoms with van der Waals surface area (Å²) in [5, 5.41) is 17.2. The van der Waals surface area contributed by atoms with E-state index in [-0.39, 0.29) is 5.75 Å². The van der Waals surface area contributed by atoms with Crippen LogP contribution in [0, 0.1) is 0 Å². The summed E-state index contributed by atoms with van der Waals surface area (Å²) in [6, 6.07) is 5.34. The largest absolute Gasteiger partial charge is 0.504 e. The first-order valence-electron chi connectivity index (χ1n) is 6.93. The highest BCUT2D eigenvalue weighted by molar-refractivity contribution is 5.44. The molecular formula is C15H21N3O3. The Kier molecular flexibility index (Phi) is 5.45. The topological polar surface area (TPSA) is 68.5 Å². The van der Waals surface area contributed by atoms with E-state index < -0.39 is 0 Å². The van der Waals surface area contributed by atoms with Crippen LogP contribution in [0.1, 0.15) is 12.5 Å². The van der Waals surface area contributed by atoms with Crippen molar-refractivity contribution in [1.29, 1.82) is 0 Å². The highest BCUT2D eigenvalue weighted by atomic mass is 16.5. The Bertz CT molecular complexity index is 569. The van der Waals surface area contributed by atoms with Gasteiger partial charge >= 0.3 is 0 Å². The zero-order valence-corrected chi connectivity index (χ0v) is 12.4. The minimum Gasteiger partial charge on any atom is -0.504 e. The normalized spacial score (nSPS) is 10.6. The second-order valence-electron chi connectivity index (χ2n) is 4.57. The molecule has 0 bridgehead atoms. The fraction of sp³-hybridized carbons (Fsp3) is 0.400. The molecule has 6 heteroatoms. The van der Waals surface area contributed by atoms with Crippen molar-refractivity contribution in [3.8, 4) is 11.5 Å². The van der Waals surface area contributed by atoms with Gasteiger partial charge in [-0.3, -0.25) is 4.68 Å². The van der Waals surface area contributed by atoms with Gasteiger partial charge in [0.05, 0.1) is 31.6 Å². The van der Waals surface area contributed by atoms with E-state index in [1.54, 1.807) is 19.4 Å². The molecule has 2 N–H and O–H groups in total. The summed E-state index contributed by atoms with van der Waals surface area (Å²) in [4.78, 5) is 0. The number of aromatic nitrogens is 2. The highest BCUT2D eigenvalue weighted by Crippen LogP contribution is 2.27. The Labute approximate surface area is 124 Å². The van der Waals surface area contributed by atoms with Gasteiger partial charge in [-0.25, -0.2) is 0 Å². The third-order valence-corrected chi connectivity index (χ3v) is 2.98. The van der Waals surface area contributed by atoms with Crippen molar-refractivity contribution in [2.24, 2.45) is 0 Å². The summed E-state index contributed by atoms with van der Waals surface area (Å²) in [5.74, 6) is 0.667. The lowest BCUT2D eigenvalue weighted by Crippen LogP contribution is -2.04. The van der Waals surface area contributed by atoms with E-state index in [4.69, 9.17) is 9.47 Å². The summed E-state index contributed by atoms with van der Waals surface area (Å²) >= 11 is 0. The van der Waals surface area contributed by atoms with Gasteiger partial charge in [-0.2, -0.15) is 5.10 Å². The van der Waals surface area contributed by atoms with Gasteiger partial charge in [0.2, 0.25) is 0 Å². The molecule has 0 amide bonds. The van der Waals surface area contributed by atoms with Crippen LogP contribution in [-0.2, 0) is 17.8 Å². The number of methoxy groups -OCH3 is 1. The van der Waals surface area contributed by atoms with Gasteiger partial charge in [0.1, 0.15) is 0 Å². The summed E-state index contributed by atoms with van der Waals surface area (Å²) in [6.45, 7) is 4.41. The molecule has 114 valence electrons. The van der Waals surface area contributed by atoms with E-state index in [1.165, 1.54) is 0 Å². The molecule has 0 saturated heterocycles. The average molecular weight is 291 g/mol. The monoisotopic (exact) mass is 291 g/mol. The number of rotatable bonds is 8. The lowest BCUT2D eigenvalue weighted by molar-refractivity contribution is 0.183. The summed E-state index contributed by atoms with van der Waals surface area (Å²) < 4.78 is 12.2. The van der Waals surface area contributed by atoms with Crippen LogP contribution in [0.3, 0.4) is 0 Å². The number of hydrogen-bond donors (Lipinski definition) is 2. The van der Waals surface area contributed by atoms with E-state index in [0.717, 1.165) is 17.8 Å². The molecule has 2 aromatic rings. The first-order chi connectivity index (χ1) is 10.2. The van der Waals surface area contributed by atoms with E-state index in [1.807, 2.05) is 29.9 Å². The molecular weight excluding hydrogens is 270 g/mol. The van der Waals surface area contributed by atoms with Gasteiger partial charge in [0, 0.05) is 19.9 Å². The first-order valence-corrected chi connectivity index (χ1v) is 6.93. The maximum Gasteiger partial charge on any atom is 0.161 e. The van der Waals surface area contributed by atoms with Gasteiger partial charge in [-0.1, -0.05) is 6.07 Å². The number of benzene rings is 1. The first kappa shape index (κ1) is 15.2. The molecule has 0 atom stereocenters. The molecule has 21 heavy (non-hydrogen) atoms. The lowest BCUT2D eigenvalue weighted by Gasteiger charge is -2.09. The zero-order valence-electron chi connectivity index (χ0n) is 12.4. The second kappa shape index (κ2) is 7.54. The number of hydrogen-bond acceptors (Lipinski definition) is 5. The molecule has 1 aromatic heterocycles. The highest BCUT2D eigenvalue weighted by Gasteiger charge is 2.04. The van der Waals surface area contributed by atoms with Crippen LogP contribution in [0.25, 0.3) is 0 Å². The maximum atomic E-state index is 9.67. The molecule has 1 aromatic carbocycles. The number of ether oxygens (including phenoxy) is 2. The van der Waals surface area contributed by atoms with Crippen molar-refractivity contribution in [3.63, 3.8) is 0 Å². The van der Waals surface area contributed by atoms with Crippen LogP contribution >= 0.6 is 0 Å². The molecule has 0 spiro atoms. The Balaban J connectivity index is 1.93. The van der Waals surface area contributed by atoms with Crippen LogP contribution in [-0.4, -0.2) is 35.2 Å². The predicted molar refractivity (Wildman–Crippen MR) is 80.7 cm³/mol. The van der Waals surface area contributed by atoms with Crippen LogP contribution in [0.15, 0.2) is 30.6 Å². The molecule has 0 aliphatic rings. The number of nitrogens with zero attached hydrogens (tertiary/aromatic N) is 2. The van der Waals surface area contributed by atoms with Crippen LogP contribution in [0.5, 0.6) is 11.5 Å². The van der Waals surface area contributed by atoms with Gasteiger partial charge < -0.3 is 19.9 Å². The quantitative estimate of drug-likeness (QED) is 0.780. The molecule has 2 rings (SSSR count). The van der Waals surface area contributed by atoms with Crippen molar-refractivity contribution in [2.75, 3.05) is 25.6 Å². The minimum atomic E-state index is 0.160. The number of phenols is 1. The van der Waals surface area contributed by atoms with E-state index in [9.17, 15) is 5.11 Å². The molecule has 1 heterocycles. The molecule has 0 fully saturated rings. The molecule has 0 saturated carbocycles. The number of aromatic hydroxyl groups is 1. The smallest absolute Gasteiger partial charge is 0.161 e. The maximum absolute atomic E-state index is 9.67. The van der Waals surface area contributed by atoms with E-state index >= 15 is 0 Å². The zero-order chi connectivity index (χ0) is 15.1. The predicted octanol–water partition coefficient (Wildman–Crippen LogP) is 2.25. The molecule has 0 aliphatic heterocycles. The molecule has 0 aliphatic carbocycles. The Hall–Kier alpha value is -2.21. The van der Waals surface area contributed by atoms with E-state index in [2.05, 4.69) is 10.4 Å². The van der Waals surface area contributed by atoms with Crippen molar-refractivity contribution in [3.05, 3.63) is 36.2 Å². The summed E-state index contributed by atoms with van der Waals surface area (Å²) in [6.07, 6.45) is 3.71. The molecule has 0 unspecified atom stereocenters. The third kappa shape index (κ3) is 4.39. The van der Waals surface area contributed by atoms with Crippen molar-refractivity contribution in [2.45, 2.75) is 20.0 Å². The van der Waals surface area contributed by atoms with Crippen molar-refractivity contribution in [1.82, 2.24) is 9.78 Å². The fourth-order valence-electron chi connectivity index (χ4n) is 1.91. The Morgan fingerprint density at radius 3 is 3.00 bits per heavy atom. The summed E-state index contributed by atoms with van der Waals surface area (Å²) in [7, 11) is 1.67. The van der Waals surface area contributed by atoms with Crippen LogP contribution in [0.4, 0.5) is 5.69 Å². The number of nitrogens with one attached hydrogen (secondary N) is 1. The second-order valence-corrected chi connectivity index (χ2v) is 4.57. The van der Waals surface area contributed by atoms with Gasteiger partial charge in [-0.15, -0.1) is 0 Å². The van der Waals surface area contributed by atoms with Crippen molar-refractivity contribution >= 4 is 5.69 Å². The number of anilines is 1. The average Bonchev–Trinajstić information content (AvgIpc) is 2.94. The van der Waals surface area contributed by atoms with Crippen LogP contribution < -0.4 is 10.1 Å².